The second-order valence-electron chi connectivity index (χ2n) is 10.9. The van der Waals surface area contributed by atoms with E-state index in [0.717, 1.165) is 24.8 Å². The van der Waals surface area contributed by atoms with Crippen molar-refractivity contribution in [3.05, 3.63) is 88.9 Å². The van der Waals surface area contributed by atoms with Crippen LogP contribution < -0.4 is 0 Å². The van der Waals surface area contributed by atoms with Crippen LogP contribution in [-0.4, -0.2) is 28.2 Å². The first-order chi connectivity index (χ1) is 19.5. The molecule has 0 saturated heterocycles. The van der Waals surface area contributed by atoms with Gasteiger partial charge in [-0.2, -0.15) is 0 Å². The summed E-state index contributed by atoms with van der Waals surface area (Å²) in [6.45, 7) is 2.66. The molecule has 5 heteroatoms. The lowest BCUT2D eigenvalue weighted by Crippen LogP contribution is -2.32. The van der Waals surface area contributed by atoms with Gasteiger partial charge in [-0.3, -0.25) is 9.59 Å². The van der Waals surface area contributed by atoms with E-state index in [0.29, 0.717) is 12.1 Å². The first-order valence-electron chi connectivity index (χ1n) is 15.3. The smallest absolute Gasteiger partial charge is 0.290 e. The lowest BCUT2D eigenvalue weighted by Gasteiger charge is -2.26. The summed E-state index contributed by atoms with van der Waals surface area (Å²) in [5.74, 6) is -2.01. The monoisotopic (exact) mass is 547 g/mol. The van der Waals surface area contributed by atoms with Gasteiger partial charge in [0.25, 0.3) is 5.91 Å². The van der Waals surface area contributed by atoms with Crippen LogP contribution in [0, 0.1) is 5.82 Å². The number of aliphatic hydroxyl groups excluding tert-OH is 1. The zero-order valence-corrected chi connectivity index (χ0v) is 24.1. The third kappa shape index (κ3) is 9.76. The maximum absolute atomic E-state index is 14.1. The zero-order valence-electron chi connectivity index (χ0n) is 24.1. The minimum absolute atomic E-state index is 0.00754. The van der Waals surface area contributed by atoms with Crippen LogP contribution in [0.15, 0.2) is 72.0 Å². The molecule has 4 nitrogen and oxygen atoms in total. The van der Waals surface area contributed by atoms with Crippen molar-refractivity contribution in [2.45, 2.75) is 103 Å². The van der Waals surface area contributed by atoms with Crippen LogP contribution in [-0.2, 0) is 9.59 Å². The van der Waals surface area contributed by atoms with E-state index in [4.69, 9.17) is 0 Å². The number of benzene rings is 2. The number of ketones is 1. The van der Waals surface area contributed by atoms with E-state index < -0.39 is 29.3 Å². The number of unbranched alkanes of at least 4 members (excludes halogenated alkanes) is 13. The summed E-state index contributed by atoms with van der Waals surface area (Å²) in [7, 11) is 0. The summed E-state index contributed by atoms with van der Waals surface area (Å²) in [6.07, 6.45) is 20.3. The molecule has 40 heavy (non-hydrogen) atoms. The van der Waals surface area contributed by atoms with Crippen LogP contribution in [0.2, 0.25) is 0 Å². The summed E-state index contributed by atoms with van der Waals surface area (Å²) in [6, 6.07) is 14.5. The SMILES string of the molecule is CCCCCCCCCCCCCCCCN1C(=O)C(O)=C(C(=O)C=Cc2ccccc2)C1c1cccc(F)c1. The fourth-order valence-electron chi connectivity index (χ4n) is 5.46. The number of rotatable bonds is 19. The van der Waals surface area contributed by atoms with E-state index in [1.807, 2.05) is 30.3 Å². The van der Waals surface area contributed by atoms with E-state index >= 15 is 0 Å². The topological polar surface area (TPSA) is 57.6 Å². The number of hydrogen-bond donors (Lipinski definition) is 1. The highest BCUT2D eigenvalue weighted by molar-refractivity contribution is 6.14. The molecule has 0 radical (unpaired) electrons. The minimum Gasteiger partial charge on any atom is -0.503 e. The van der Waals surface area contributed by atoms with Crippen molar-refractivity contribution < 1.29 is 19.1 Å². The summed E-state index contributed by atoms with van der Waals surface area (Å²) in [4.78, 5) is 27.8. The van der Waals surface area contributed by atoms with Crippen molar-refractivity contribution in [3.63, 3.8) is 0 Å². The van der Waals surface area contributed by atoms with Crippen LogP contribution in [0.3, 0.4) is 0 Å². The largest absolute Gasteiger partial charge is 0.503 e. The molecule has 0 fully saturated rings. The Balaban J connectivity index is 1.49. The molecule has 3 rings (SSSR count). The van der Waals surface area contributed by atoms with Gasteiger partial charge in [0, 0.05) is 6.54 Å². The maximum atomic E-state index is 14.1. The maximum Gasteiger partial charge on any atom is 0.290 e. The average molecular weight is 548 g/mol. The molecule has 0 aromatic heterocycles. The molecule has 0 aliphatic carbocycles. The molecule has 216 valence electrons. The molecule has 1 atom stereocenters. The van der Waals surface area contributed by atoms with Gasteiger partial charge in [0.15, 0.2) is 11.5 Å². The molecule has 0 bridgehead atoms. The van der Waals surface area contributed by atoms with E-state index in [9.17, 15) is 19.1 Å². The first-order valence-corrected chi connectivity index (χ1v) is 15.3. The zero-order chi connectivity index (χ0) is 28.6. The van der Waals surface area contributed by atoms with Gasteiger partial charge in [0.05, 0.1) is 11.6 Å². The van der Waals surface area contributed by atoms with E-state index in [1.165, 1.54) is 93.7 Å². The molecular weight excluding hydrogens is 501 g/mol. The van der Waals surface area contributed by atoms with Crippen molar-refractivity contribution in [3.8, 4) is 0 Å². The summed E-state index contributed by atoms with van der Waals surface area (Å²) in [5.41, 5.74) is 1.33. The van der Waals surface area contributed by atoms with E-state index in [1.54, 1.807) is 18.2 Å². The molecule has 1 unspecified atom stereocenters. The first kappa shape index (κ1) is 31.3. The lowest BCUT2D eigenvalue weighted by molar-refractivity contribution is -0.129. The van der Waals surface area contributed by atoms with Gasteiger partial charge in [0.1, 0.15) is 5.82 Å². The van der Waals surface area contributed by atoms with Gasteiger partial charge in [-0.1, -0.05) is 139 Å². The molecule has 2 aromatic carbocycles. The molecule has 1 N–H and O–H groups in total. The van der Waals surface area contributed by atoms with Gasteiger partial charge < -0.3 is 10.0 Å². The van der Waals surface area contributed by atoms with Gasteiger partial charge in [0.2, 0.25) is 0 Å². The standard InChI is InChI=1S/C35H46FNO3/c1-2-3-4-5-6-7-8-9-10-11-12-13-14-18-26-37-33(29-22-19-23-30(36)27-29)32(34(39)35(37)40)31(38)25-24-28-20-16-15-17-21-28/h15-17,19-25,27,33,39H,2-14,18,26H2,1H3. The van der Waals surface area contributed by atoms with Crippen molar-refractivity contribution in [2.75, 3.05) is 6.54 Å². The highest BCUT2D eigenvalue weighted by atomic mass is 19.1. The Hall–Kier alpha value is -3.21. The van der Waals surface area contributed by atoms with Crippen LogP contribution >= 0.6 is 0 Å². The van der Waals surface area contributed by atoms with Gasteiger partial charge in [-0.25, -0.2) is 4.39 Å². The lowest BCUT2D eigenvalue weighted by atomic mass is 9.95. The number of carbonyl (C=O) groups is 2. The molecular formula is C35H46FNO3. The Morgan fingerprint density at radius 1 is 0.825 bits per heavy atom. The van der Waals surface area contributed by atoms with Crippen molar-refractivity contribution >= 4 is 17.8 Å². The summed E-state index contributed by atoms with van der Waals surface area (Å²) < 4.78 is 14.1. The van der Waals surface area contributed by atoms with E-state index in [2.05, 4.69) is 6.92 Å². The number of nitrogens with zero attached hydrogens (tertiary/aromatic N) is 1. The Kier molecular flexibility index (Phi) is 13.7. The Bertz CT molecular complexity index is 1120. The highest BCUT2D eigenvalue weighted by Crippen LogP contribution is 2.38. The second-order valence-corrected chi connectivity index (χ2v) is 10.9. The number of amides is 1. The molecule has 1 aliphatic heterocycles. The van der Waals surface area contributed by atoms with Crippen LogP contribution in [0.25, 0.3) is 6.08 Å². The second kappa shape index (κ2) is 17.5. The summed E-state index contributed by atoms with van der Waals surface area (Å²) in [5, 5.41) is 10.8. The van der Waals surface area contributed by atoms with Crippen LogP contribution in [0.4, 0.5) is 4.39 Å². The average Bonchev–Trinajstić information content (AvgIpc) is 3.22. The molecule has 2 aromatic rings. The predicted molar refractivity (Wildman–Crippen MR) is 161 cm³/mol. The predicted octanol–water partition coefficient (Wildman–Crippen LogP) is 9.28. The Morgan fingerprint density at radius 2 is 1.40 bits per heavy atom. The molecule has 1 amide bonds. The third-order valence-corrected chi connectivity index (χ3v) is 7.71. The minimum atomic E-state index is -0.807. The summed E-state index contributed by atoms with van der Waals surface area (Å²) >= 11 is 0. The third-order valence-electron chi connectivity index (χ3n) is 7.71. The number of allylic oxidation sites excluding steroid dienone is 1. The Morgan fingerprint density at radius 3 is 1.98 bits per heavy atom. The van der Waals surface area contributed by atoms with Crippen LogP contribution in [0.1, 0.15) is 114 Å². The number of aliphatic hydroxyl groups is 1. The van der Waals surface area contributed by atoms with Gasteiger partial charge >= 0.3 is 0 Å². The Labute approximate surface area is 240 Å². The number of hydrogen-bond acceptors (Lipinski definition) is 3. The fourth-order valence-corrected chi connectivity index (χ4v) is 5.46. The fraction of sp³-hybridized carbons (Fsp3) is 0.486. The van der Waals surface area contributed by atoms with E-state index in [-0.39, 0.29) is 5.57 Å². The molecule has 0 saturated carbocycles. The van der Waals surface area contributed by atoms with Crippen molar-refractivity contribution in [1.82, 2.24) is 4.90 Å². The molecule has 1 aliphatic rings. The normalized spacial score (nSPS) is 15.5. The van der Waals surface area contributed by atoms with Crippen molar-refractivity contribution in [2.24, 2.45) is 0 Å². The van der Waals surface area contributed by atoms with Gasteiger partial charge in [-0.05, 0) is 35.8 Å². The van der Waals surface area contributed by atoms with Crippen molar-refractivity contribution in [1.29, 1.82) is 0 Å². The van der Waals surface area contributed by atoms with Crippen LogP contribution in [0.5, 0.6) is 0 Å². The molecule has 1 heterocycles. The number of carbonyl (C=O) groups excluding carboxylic acids is 2. The highest BCUT2D eigenvalue weighted by Gasteiger charge is 2.42. The quantitative estimate of drug-likeness (QED) is 0.141. The van der Waals surface area contributed by atoms with Gasteiger partial charge in [-0.15, -0.1) is 0 Å². The number of halogens is 1. The molecule has 0 spiro atoms.